The first kappa shape index (κ1) is 19.8. The van der Waals surface area contributed by atoms with Crippen LogP contribution in [0.2, 0.25) is 0 Å². The van der Waals surface area contributed by atoms with Crippen molar-refractivity contribution in [2.75, 3.05) is 54.9 Å². The van der Waals surface area contributed by atoms with E-state index in [1.165, 1.54) is 16.4 Å². The number of nitrogens with zero attached hydrogens (tertiary/aromatic N) is 9. The fourth-order valence-electron chi connectivity index (χ4n) is 3.14. The number of hydrogen-bond donors (Lipinski definition) is 1. The molecule has 0 unspecified atom stereocenters. The molecule has 2 aromatic heterocycles. The minimum absolute atomic E-state index is 0.131. The lowest BCUT2D eigenvalue weighted by Gasteiger charge is -2.28. The summed E-state index contributed by atoms with van der Waals surface area (Å²) in [6, 6.07) is 0. The average Bonchev–Trinajstić information content (AvgIpc) is 3.43. The molecule has 2 fully saturated rings. The summed E-state index contributed by atoms with van der Waals surface area (Å²) >= 11 is 1.28. The number of aromatic nitrogens is 7. The van der Waals surface area contributed by atoms with E-state index < -0.39 is 0 Å². The Kier molecular flexibility index (Phi) is 6.34. The Morgan fingerprint density at radius 3 is 2.41 bits per heavy atom. The van der Waals surface area contributed by atoms with E-state index in [9.17, 15) is 4.79 Å². The first-order valence-corrected chi connectivity index (χ1v) is 10.6. The maximum Gasteiger partial charge on any atom is 0.230 e. The number of amides is 1. The second-order valence-electron chi connectivity index (χ2n) is 6.80. The quantitative estimate of drug-likeness (QED) is 0.568. The molecule has 4 rings (SSSR count). The lowest BCUT2D eigenvalue weighted by Crippen LogP contribution is -2.38. The molecule has 0 atom stereocenters. The van der Waals surface area contributed by atoms with Gasteiger partial charge in [0.05, 0.1) is 25.5 Å². The number of thioether (sulfide) groups is 1. The van der Waals surface area contributed by atoms with Gasteiger partial charge in [0.1, 0.15) is 0 Å². The summed E-state index contributed by atoms with van der Waals surface area (Å²) in [5.74, 6) is 1.97. The van der Waals surface area contributed by atoms with Crippen molar-refractivity contribution in [1.29, 1.82) is 0 Å². The highest BCUT2D eigenvalue weighted by molar-refractivity contribution is 7.99. The minimum Gasteiger partial charge on any atom is -0.378 e. The Morgan fingerprint density at radius 1 is 1.07 bits per heavy atom. The molecule has 2 aliphatic heterocycles. The number of rotatable bonds is 7. The van der Waals surface area contributed by atoms with Gasteiger partial charge in [-0.3, -0.25) is 4.79 Å². The molecule has 13 heteroatoms. The zero-order valence-electron chi connectivity index (χ0n) is 16.3. The van der Waals surface area contributed by atoms with E-state index in [2.05, 4.69) is 45.6 Å². The van der Waals surface area contributed by atoms with Gasteiger partial charge in [0.25, 0.3) is 0 Å². The molecule has 2 aromatic rings. The molecule has 4 heterocycles. The number of aryl methyl sites for hydroxylation is 1. The third-order valence-electron chi connectivity index (χ3n) is 4.70. The van der Waals surface area contributed by atoms with Crippen LogP contribution in [0.4, 0.5) is 11.9 Å². The molecule has 0 aliphatic carbocycles. The number of tetrazole rings is 1. The third-order valence-corrected chi connectivity index (χ3v) is 5.71. The van der Waals surface area contributed by atoms with Crippen LogP contribution in [0.25, 0.3) is 0 Å². The summed E-state index contributed by atoms with van der Waals surface area (Å²) in [5.41, 5.74) is 0. The van der Waals surface area contributed by atoms with Crippen LogP contribution in [0, 0.1) is 0 Å². The van der Waals surface area contributed by atoms with Crippen molar-refractivity contribution in [2.24, 2.45) is 7.05 Å². The molecule has 12 nitrogen and oxygen atoms in total. The van der Waals surface area contributed by atoms with Gasteiger partial charge in [-0.15, -0.1) is 5.10 Å². The summed E-state index contributed by atoms with van der Waals surface area (Å²) in [6.07, 6.45) is 2.28. The Bertz CT molecular complexity index is 835. The molecule has 156 valence electrons. The fraction of sp³-hybridized carbons (Fsp3) is 0.688. The smallest absolute Gasteiger partial charge is 0.230 e. The Labute approximate surface area is 172 Å². The first-order valence-electron chi connectivity index (χ1n) is 9.63. The van der Waals surface area contributed by atoms with Gasteiger partial charge >= 0.3 is 0 Å². The van der Waals surface area contributed by atoms with Gasteiger partial charge in [-0.25, -0.2) is 4.68 Å². The predicted molar refractivity (Wildman–Crippen MR) is 106 cm³/mol. The number of nitrogens with one attached hydrogen (secondary N) is 1. The maximum atomic E-state index is 12.2. The fourth-order valence-corrected chi connectivity index (χ4v) is 3.82. The summed E-state index contributed by atoms with van der Waals surface area (Å²) in [6.45, 7) is 4.95. The lowest BCUT2D eigenvalue weighted by atomic mass is 10.4. The number of hydrogen-bond acceptors (Lipinski definition) is 11. The Balaban J connectivity index is 1.41. The van der Waals surface area contributed by atoms with Crippen LogP contribution in [0.3, 0.4) is 0 Å². The van der Waals surface area contributed by atoms with Crippen molar-refractivity contribution in [1.82, 2.24) is 40.5 Å². The SMILES string of the molecule is Cn1nnnc1SCC(=O)NCc1nc(N2CCCC2)nc(N2CCOCC2)n1. The zero-order chi connectivity index (χ0) is 20.1. The van der Waals surface area contributed by atoms with Gasteiger partial charge in [-0.05, 0) is 23.3 Å². The van der Waals surface area contributed by atoms with Crippen molar-refractivity contribution in [2.45, 2.75) is 24.5 Å². The van der Waals surface area contributed by atoms with E-state index in [1.807, 2.05) is 0 Å². The molecule has 0 radical (unpaired) electrons. The molecule has 1 amide bonds. The average molecular weight is 421 g/mol. The summed E-state index contributed by atoms with van der Waals surface area (Å²) in [7, 11) is 1.73. The van der Waals surface area contributed by atoms with Crippen molar-refractivity contribution in [3.8, 4) is 0 Å². The van der Waals surface area contributed by atoms with Gasteiger partial charge in [0.2, 0.25) is 23.0 Å². The normalized spacial score (nSPS) is 17.0. The predicted octanol–water partition coefficient (Wildman–Crippen LogP) is -0.760. The molecular formula is C16H24N10O2S. The van der Waals surface area contributed by atoms with Crippen LogP contribution in [0.15, 0.2) is 5.16 Å². The molecule has 1 N–H and O–H groups in total. The number of ether oxygens (including phenoxy) is 1. The van der Waals surface area contributed by atoms with Gasteiger partial charge in [0.15, 0.2) is 5.82 Å². The molecule has 0 aromatic carbocycles. The van der Waals surface area contributed by atoms with E-state index in [-0.39, 0.29) is 18.2 Å². The number of carbonyl (C=O) groups excluding carboxylic acids is 1. The van der Waals surface area contributed by atoms with Crippen LogP contribution < -0.4 is 15.1 Å². The molecule has 0 saturated carbocycles. The van der Waals surface area contributed by atoms with Crippen LogP contribution in [0.1, 0.15) is 18.7 Å². The van der Waals surface area contributed by atoms with E-state index in [0.29, 0.717) is 36.1 Å². The monoisotopic (exact) mass is 420 g/mol. The first-order chi connectivity index (χ1) is 14.2. The van der Waals surface area contributed by atoms with E-state index >= 15 is 0 Å². The molecule has 0 spiro atoms. The van der Waals surface area contributed by atoms with Crippen molar-refractivity contribution < 1.29 is 9.53 Å². The Morgan fingerprint density at radius 2 is 1.76 bits per heavy atom. The van der Waals surface area contributed by atoms with Gasteiger partial charge < -0.3 is 19.9 Å². The van der Waals surface area contributed by atoms with Crippen molar-refractivity contribution in [3.63, 3.8) is 0 Å². The largest absolute Gasteiger partial charge is 0.378 e. The van der Waals surface area contributed by atoms with Crippen molar-refractivity contribution >= 4 is 29.6 Å². The zero-order valence-corrected chi connectivity index (χ0v) is 17.1. The maximum absolute atomic E-state index is 12.2. The molecular weight excluding hydrogens is 396 g/mol. The van der Waals surface area contributed by atoms with E-state index in [4.69, 9.17) is 4.74 Å². The highest BCUT2D eigenvalue weighted by Crippen LogP contribution is 2.19. The highest BCUT2D eigenvalue weighted by atomic mass is 32.2. The van der Waals surface area contributed by atoms with Crippen LogP contribution in [-0.4, -0.2) is 86.2 Å². The second kappa shape index (κ2) is 9.31. The van der Waals surface area contributed by atoms with E-state index in [0.717, 1.165) is 39.0 Å². The van der Waals surface area contributed by atoms with Crippen LogP contribution in [-0.2, 0) is 23.1 Å². The molecule has 29 heavy (non-hydrogen) atoms. The van der Waals surface area contributed by atoms with Crippen molar-refractivity contribution in [3.05, 3.63) is 5.82 Å². The minimum atomic E-state index is -0.131. The molecule has 0 bridgehead atoms. The van der Waals surface area contributed by atoms with Gasteiger partial charge in [-0.2, -0.15) is 15.0 Å². The molecule has 2 saturated heterocycles. The third kappa shape index (κ3) is 5.09. The number of carbonyl (C=O) groups is 1. The summed E-state index contributed by atoms with van der Waals surface area (Å²) < 4.78 is 6.96. The molecule has 2 aliphatic rings. The number of morpholine rings is 1. The number of anilines is 2. The van der Waals surface area contributed by atoms with E-state index in [1.54, 1.807) is 7.05 Å². The van der Waals surface area contributed by atoms with Gasteiger partial charge in [0, 0.05) is 33.2 Å². The van der Waals surface area contributed by atoms with Crippen LogP contribution >= 0.6 is 11.8 Å². The lowest BCUT2D eigenvalue weighted by molar-refractivity contribution is -0.118. The van der Waals surface area contributed by atoms with Crippen LogP contribution in [0.5, 0.6) is 0 Å². The van der Waals surface area contributed by atoms with Gasteiger partial charge in [-0.1, -0.05) is 11.8 Å². The topological polar surface area (TPSA) is 127 Å². The highest BCUT2D eigenvalue weighted by Gasteiger charge is 2.21. The summed E-state index contributed by atoms with van der Waals surface area (Å²) in [5, 5.41) is 14.6. The standard InChI is InChI=1S/C16H24N10O2S/c1-24-16(21-22-23-24)29-11-13(27)17-10-12-18-14(25-4-2-3-5-25)20-15(19-12)26-6-8-28-9-7-26/h2-11H2,1H3,(H,17,27). The second-order valence-corrected chi connectivity index (χ2v) is 7.74. The Hall–Kier alpha value is -2.54. The summed E-state index contributed by atoms with van der Waals surface area (Å²) in [4.78, 5) is 30.4.